The maximum atomic E-state index is 11.7. The summed E-state index contributed by atoms with van der Waals surface area (Å²) < 4.78 is 11.1. The van der Waals surface area contributed by atoms with Gasteiger partial charge in [0.05, 0.1) is 7.11 Å². The summed E-state index contributed by atoms with van der Waals surface area (Å²) in [5.41, 5.74) is 3.72. The summed E-state index contributed by atoms with van der Waals surface area (Å²) >= 11 is 6.02. The van der Waals surface area contributed by atoms with Crippen molar-refractivity contribution in [3.05, 3.63) is 57.6 Å². The van der Waals surface area contributed by atoms with Gasteiger partial charge in [-0.3, -0.25) is 0 Å². The van der Waals surface area contributed by atoms with Crippen molar-refractivity contribution >= 4 is 17.6 Å². The SMILES string of the molecule is COc1ccc(Cl)cc1C[C@@H](Oc1cc(C)cc(C)c1C)C(=O)O. The molecule has 2 aromatic carbocycles. The van der Waals surface area contributed by atoms with Crippen molar-refractivity contribution in [3.63, 3.8) is 0 Å². The van der Waals surface area contributed by atoms with Gasteiger partial charge in [0.2, 0.25) is 0 Å². The van der Waals surface area contributed by atoms with Crippen LogP contribution in [0.4, 0.5) is 0 Å². The molecule has 5 heteroatoms. The van der Waals surface area contributed by atoms with Crippen LogP contribution in [0.15, 0.2) is 30.3 Å². The molecule has 0 fully saturated rings. The number of carboxylic acids is 1. The first-order valence-corrected chi connectivity index (χ1v) is 7.99. The second kappa shape index (κ2) is 7.58. The van der Waals surface area contributed by atoms with E-state index in [1.165, 1.54) is 7.11 Å². The molecule has 1 atom stereocenters. The highest BCUT2D eigenvalue weighted by Gasteiger charge is 2.23. The molecule has 0 aliphatic heterocycles. The fourth-order valence-corrected chi connectivity index (χ4v) is 2.76. The number of rotatable bonds is 6. The average molecular weight is 349 g/mol. The van der Waals surface area contributed by atoms with Crippen molar-refractivity contribution in [3.8, 4) is 11.5 Å². The summed E-state index contributed by atoms with van der Waals surface area (Å²) in [6.07, 6.45) is -0.872. The molecule has 0 aromatic heterocycles. The zero-order chi connectivity index (χ0) is 17.9. The van der Waals surface area contributed by atoms with Crippen LogP contribution in [0.3, 0.4) is 0 Å². The van der Waals surface area contributed by atoms with Crippen molar-refractivity contribution in [2.75, 3.05) is 7.11 Å². The fraction of sp³-hybridized carbons (Fsp3) is 0.316. The van der Waals surface area contributed by atoms with E-state index in [1.807, 2.05) is 32.9 Å². The summed E-state index contributed by atoms with van der Waals surface area (Å²) in [6, 6.07) is 9.02. The fourth-order valence-electron chi connectivity index (χ4n) is 2.56. The molecule has 0 aliphatic rings. The Morgan fingerprint density at radius 3 is 2.50 bits per heavy atom. The summed E-state index contributed by atoms with van der Waals surface area (Å²) in [5.74, 6) is 0.142. The predicted octanol–water partition coefficient (Wildman–Crippen LogP) is 4.35. The van der Waals surface area contributed by atoms with E-state index in [-0.39, 0.29) is 6.42 Å². The number of methoxy groups -OCH3 is 1. The Kier molecular flexibility index (Phi) is 5.73. The Balaban J connectivity index is 2.32. The number of aryl methyl sites for hydroxylation is 2. The molecule has 0 aliphatic carbocycles. The topological polar surface area (TPSA) is 55.8 Å². The lowest BCUT2D eigenvalue weighted by Gasteiger charge is -2.19. The van der Waals surface area contributed by atoms with Crippen molar-refractivity contribution < 1.29 is 19.4 Å². The van der Waals surface area contributed by atoms with Gasteiger partial charge in [-0.1, -0.05) is 17.7 Å². The quantitative estimate of drug-likeness (QED) is 0.843. The number of hydrogen-bond acceptors (Lipinski definition) is 3. The largest absolute Gasteiger partial charge is 0.496 e. The first-order chi connectivity index (χ1) is 11.3. The normalized spacial score (nSPS) is 11.9. The van der Waals surface area contributed by atoms with Crippen molar-refractivity contribution in [2.24, 2.45) is 0 Å². The molecule has 0 heterocycles. The Morgan fingerprint density at radius 2 is 1.88 bits per heavy atom. The van der Waals surface area contributed by atoms with Gasteiger partial charge in [-0.05, 0) is 67.3 Å². The molecule has 0 spiro atoms. The van der Waals surface area contributed by atoms with Crippen LogP contribution in [0.25, 0.3) is 0 Å². The number of benzene rings is 2. The lowest BCUT2D eigenvalue weighted by molar-refractivity contribution is -0.145. The van der Waals surface area contributed by atoms with Crippen molar-refractivity contribution in [1.82, 2.24) is 0 Å². The van der Waals surface area contributed by atoms with Gasteiger partial charge < -0.3 is 14.6 Å². The van der Waals surface area contributed by atoms with Crippen LogP contribution in [0.2, 0.25) is 5.02 Å². The molecule has 0 amide bonds. The number of hydrogen-bond donors (Lipinski definition) is 1. The molecule has 1 N–H and O–H groups in total. The number of aliphatic carboxylic acids is 1. The summed E-state index contributed by atoms with van der Waals surface area (Å²) in [7, 11) is 1.54. The maximum Gasteiger partial charge on any atom is 0.345 e. The Bertz CT molecular complexity index is 755. The maximum absolute atomic E-state index is 11.7. The molecule has 0 saturated carbocycles. The molecule has 128 valence electrons. The van der Waals surface area contributed by atoms with Crippen LogP contribution in [-0.2, 0) is 11.2 Å². The van der Waals surface area contributed by atoms with Crippen LogP contribution in [0.5, 0.6) is 11.5 Å². The van der Waals surface area contributed by atoms with E-state index in [0.717, 1.165) is 16.7 Å². The van der Waals surface area contributed by atoms with E-state index in [4.69, 9.17) is 21.1 Å². The average Bonchev–Trinajstić information content (AvgIpc) is 2.51. The second-order valence-corrected chi connectivity index (χ2v) is 6.25. The van der Waals surface area contributed by atoms with Crippen LogP contribution in [0.1, 0.15) is 22.3 Å². The highest BCUT2D eigenvalue weighted by atomic mass is 35.5. The van der Waals surface area contributed by atoms with Crippen molar-refractivity contribution in [2.45, 2.75) is 33.3 Å². The zero-order valence-electron chi connectivity index (χ0n) is 14.2. The molecule has 0 unspecified atom stereocenters. The van der Waals surface area contributed by atoms with E-state index >= 15 is 0 Å². The van der Waals surface area contributed by atoms with E-state index in [9.17, 15) is 9.90 Å². The second-order valence-electron chi connectivity index (χ2n) is 5.81. The third-order valence-corrected chi connectivity index (χ3v) is 4.19. The minimum absolute atomic E-state index is 0.158. The van der Waals surface area contributed by atoms with Crippen LogP contribution >= 0.6 is 11.6 Å². The van der Waals surface area contributed by atoms with Crippen LogP contribution in [0, 0.1) is 20.8 Å². The van der Waals surface area contributed by atoms with Crippen LogP contribution < -0.4 is 9.47 Å². The minimum atomic E-state index is -1.03. The lowest BCUT2D eigenvalue weighted by Crippen LogP contribution is -2.30. The number of carboxylic acid groups (broad SMARTS) is 1. The monoisotopic (exact) mass is 348 g/mol. The van der Waals surface area contributed by atoms with Gasteiger partial charge in [0.1, 0.15) is 11.5 Å². The summed E-state index contributed by atoms with van der Waals surface area (Å²) in [5, 5.41) is 10.1. The lowest BCUT2D eigenvalue weighted by atomic mass is 10.0. The van der Waals surface area contributed by atoms with E-state index < -0.39 is 12.1 Å². The number of carbonyl (C=O) groups is 1. The van der Waals surface area contributed by atoms with Crippen molar-refractivity contribution in [1.29, 1.82) is 0 Å². The minimum Gasteiger partial charge on any atom is -0.496 e. The molecule has 0 radical (unpaired) electrons. The highest BCUT2D eigenvalue weighted by Crippen LogP contribution is 2.28. The Labute approximate surface area is 147 Å². The molecule has 0 bridgehead atoms. The third kappa shape index (κ3) is 4.20. The smallest absolute Gasteiger partial charge is 0.345 e. The standard InChI is InChI=1S/C19H21ClO4/c1-11-7-12(2)13(3)17(8-11)24-18(19(21)22)10-14-9-15(20)5-6-16(14)23-4/h5-9,18H,10H2,1-4H3,(H,21,22)/t18-/m1/s1. The first-order valence-electron chi connectivity index (χ1n) is 7.61. The predicted molar refractivity (Wildman–Crippen MR) is 94.4 cm³/mol. The summed E-state index contributed by atoms with van der Waals surface area (Å²) in [6.45, 7) is 5.85. The molecule has 2 rings (SSSR count). The molecule has 24 heavy (non-hydrogen) atoms. The van der Waals surface area contributed by atoms with E-state index in [2.05, 4.69) is 0 Å². The van der Waals surface area contributed by atoms with Crippen LogP contribution in [-0.4, -0.2) is 24.3 Å². The van der Waals surface area contributed by atoms with E-state index in [1.54, 1.807) is 18.2 Å². The van der Waals surface area contributed by atoms with E-state index in [0.29, 0.717) is 22.1 Å². The molecule has 4 nitrogen and oxygen atoms in total. The first kappa shape index (κ1) is 18.1. The number of ether oxygens (including phenoxy) is 2. The van der Waals surface area contributed by atoms with Gasteiger partial charge in [-0.15, -0.1) is 0 Å². The zero-order valence-corrected chi connectivity index (χ0v) is 15.0. The summed E-state index contributed by atoms with van der Waals surface area (Å²) in [4.78, 5) is 11.7. The third-order valence-electron chi connectivity index (χ3n) is 3.96. The Morgan fingerprint density at radius 1 is 1.17 bits per heavy atom. The molecule has 0 saturated heterocycles. The molecular formula is C19H21ClO4. The molecular weight excluding hydrogens is 328 g/mol. The van der Waals surface area contributed by atoms with Gasteiger partial charge >= 0.3 is 5.97 Å². The number of halogens is 1. The van der Waals surface area contributed by atoms with Gasteiger partial charge in [0, 0.05) is 11.4 Å². The van der Waals surface area contributed by atoms with Gasteiger partial charge in [0.25, 0.3) is 0 Å². The molecule has 2 aromatic rings. The Hall–Kier alpha value is -2.20. The van der Waals surface area contributed by atoms with Gasteiger partial charge in [0.15, 0.2) is 6.10 Å². The highest BCUT2D eigenvalue weighted by molar-refractivity contribution is 6.30. The van der Waals surface area contributed by atoms with Gasteiger partial charge in [-0.2, -0.15) is 0 Å². The van der Waals surface area contributed by atoms with Gasteiger partial charge in [-0.25, -0.2) is 4.79 Å².